The van der Waals surface area contributed by atoms with Crippen molar-refractivity contribution in [2.75, 3.05) is 19.0 Å². The highest BCUT2D eigenvalue weighted by Crippen LogP contribution is 2.31. The molecule has 0 fully saturated rings. The summed E-state index contributed by atoms with van der Waals surface area (Å²) >= 11 is 4.87. The van der Waals surface area contributed by atoms with Crippen LogP contribution in [-0.4, -0.2) is 28.8 Å². The summed E-state index contributed by atoms with van der Waals surface area (Å²) in [5.41, 5.74) is 2.17. The third-order valence-corrected chi connectivity index (χ3v) is 5.98. The van der Waals surface area contributed by atoms with Gasteiger partial charge in [0.1, 0.15) is 10.8 Å². The van der Waals surface area contributed by atoms with Crippen LogP contribution in [0.15, 0.2) is 34.0 Å². The van der Waals surface area contributed by atoms with Gasteiger partial charge in [-0.3, -0.25) is 0 Å². The van der Waals surface area contributed by atoms with Crippen LogP contribution in [0, 0.1) is 0 Å². The van der Waals surface area contributed by atoms with E-state index in [1.54, 1.807) is 34.4 Å². The molecule has 0 aliphatic rings. The molecule has 3 aromatic rings. The third-order valence-electron chi connectivity index (χ3n) is 2.93. The van der Waals surface area contributed by atoms with Crippen molar-refractivity contribution in [3.05, 3.63) is 35.3 Å². The monoisotopic (exact) mass is 364 g/mol. The number of nitrogens with one attached hydrogen (secondary N) is 1. The lowest BCUT2D eigenvalue weighted by Gasteiger charge is -2.02. The van der Waals surface area contributed by atoms with Crippen molar-refractivity contribution in [2.45, 2.75) is 17.0 Å². The van der Waals surface area contributed by atoms with Crippen molar-refractivity contribution in [3.8, 4) is 16.3 Å². The molecule has 0 amide bonds. The van der Waals surface area contributed by atoms with E-state index in [1.165, 1.54) is 0 Å². The zero-order valence-electron chi connectivity index (χ0n) is 12.8. The predicted molar refractivity (Wildman–Crippen MR) is 97.7 cm³/mol. The van der Waals surface area contributed by atoms with Gasteiger partial charge in [-0.25, -0.2) is 4.98 Å². The van der Waals surface area contributed by atoms with Gasteiger partial charge in [0.25, 0.3) is 0 Å². The van der Waals surface area contributed by atoms with Gasteiger partial charge < -0.3 is 10.1 Å². The Morgan fingerprint density at radius 3 is 2.74 bits per heavy atom. The van der Waals surface area contributed by atoms with Crippen LogP contribution in [0.25, 0.3) is 10.6 Å². The first kappa shape index (κ1) is 16.2. The molecule has 0 saturated carbocycles. The average molecular weight is 365 g/mol. The number of nitrogens with zero attached hydrogens (tertiary/aromatic N) is 3. The van der Waals surface area contributed by atoms with E-state index < -0.39 is 0 Å². The first-order chi connectivity index (χ1) is 11.3. The minimum Gasteiger partial charge on any atom is -0.494 e. The molecule has 0 bridgehead atoms. The minimum atomic E-state index is 0.679. The molecule has 1 N–H and O–H groups in total. The summed E-state index contributed by atoms with van der Waals surface area (Å²) < 4.78 is 6.41. The second-order valence-electron chi connectivity index (χ2n) is 4.51. The van der Waals surface area contributed by atoms with Gasteiger partial charge in [0.05, 0.1) is 12.3 Å². The molecule has 8 heteroatoms. The Balaban J connectivity index is 1.63. The molecule has 120 valence electrons. The van der Waals surface area contributed by atoms with Gasteiger partial charge in [-0.05, 0) is 31.2 Å². The fraction of sp³-hybridized carbons (Fsp3) is 0.267. The Bertz CT molecular complexity index is 754. The van der Waals surface area contributed by atoms with Gasteiger partial charge in [0.15, 0.2) is 4.34 Å². The number of rotatable bonds is 7. The zero-order chi connectivity index (χ0) is 16.1. The number of hydrogen-bond acceptors (Lipinski definition) is 8. The van der Waals surface area contributed by atoms with Gasteiger partial charge in [0, 0.05) is 23.7 Å². The molecule has 0 spiro atoms. The van der Waals surface area contributed by atoms with Crippen LogP contribution in [0.2, 0.25) is 0 Å². The van der Waals surface area contributed by atoms with Crippen molar-refractivity contribution in [1.82, 2.24) is 15.2 Å². The van der Waals surface area contributed by atoms with Crippen LogP contribution in [0.3, 0.4) is 0 Å². The molecule has 0 aliphatic carbocycles. The Labute approximate surface area is 147 Å². The number of thioether (sulfide) groups is 1. The van der Waals surface area contributed by atoms with Crippen LogP contribution in [0.4, 0.5) is 5.13 Å². The average Bonchev–Trinajstić information content (AvgIpc) is 3.23. The smallest absolute Gasteiger partial charge is 0.206 e. The van der Waals surface area contributed by atoms with Crippen molar-refractivity contribution < 1.29 is 4.74 Å². The molecule has 1 aromatic carbocycles. The number of benzene rings is 1. The van der Waals surface area contributed by atoms with Crippen molar-refractivity contribution in [2.24, 2.45) is 0 Å². The SMILES string of the molecule is CCOc1ccc(-c2nc(CSc3nnc(NC)s3)cs2)cc1. The molecular formula is C15H16N4OS3. The lowest BCUT2D eigenvalue weighted by Crippen LogP contribution is -1.90. The van der Waals surface area contributed by atoms with Crippen LogP contribution in [-0.2, 0) is 5.75 Å². The summed E-state index contributed by atoms with van der Waals surface area (Å²) in [6.45, 7) is 2.66. The highest BCUT2D eigenvalue weighted by atomic mass is 32.2. The summed E-state index contributed by atoms with van der Waals surface area (Å²) in [4.78, 5) is 4.70. The normalized spacial score (nSPS) is 10.7. The summed E-state index contributed by atoms with van der Waals surface area (Å²) in [6, 6.07) is 8.06. The Morgan fingerprint density at radius 2 is 2.04 bits per heavy atom. The molecule has 2 aromatic heterocycles. The summed E-state index contributed by atoms with van der Waals surface area (Å²) in [5.74, 6) is 1.69. The van der Waals surface area contributed by atoms with Gasteiger partial charge in [-0.15, -0.1) is 21.5 Å². The number of anilines is 1. The van der Waals surface area contributed by atoms with E-state index in [9.17, 15) is 0 Å². The maximum Gasteiger partial charge on any atom is 0.206 e. The molecule has 23 heavy (non-hydrogen) atoms. The van der Waals surface area contributed by atoms with Crippen LogP contribution >= 0.6 is 34.4 Å². The predicted octanol–water partition coefficient (Wildman–Crippen LogP) is 4.39. The van der Waals surface area contributed by atoms with E-state index >= 15 is 0 Å². The van der Waals surface area contributed by atoms with E-state index in [-0.39, 0.29) is 0 Å². The highest BCUT2D eigenvalue weighted by molar-refractivity contribution is 8.00. The molecule has 0 unspecified atom stereocenters. The van der Waals surface area contributed by atoms with E-state index in [2.05, 4.69) is 20.9 Å². The summed E-state index contributed by atoms with van der Waals surface area (Å²) in [7, 11) is 1.85. The Morgan fingerprint density at radius 1 is 1.22 bits per heavy atom. The number of ether oxygens (including phenoxy) is 1. The molecule has 2 heterocycles. The van der Waals surface area contributed by atoms with Gasteiger partial charge in [-0.2, -0.15) is 0 Å². The fourth-order valence-corrected chi connectivity index (χ4v) is 4.40. The maximum atomic E-state index is 5.46. The van der Waals surface area contributed by atoms with E-state index in [1.807, 2.05) is 38.2 Å². The van der Waals surface area contributed by atoms with E-state index in [0.717, 1.165) is 37.2 Å². The van der Waals surface area contributed by atoms with Crippen molar-refractivity contribution >= 4 is 39.6 Å². The van der Waals surface area contributed by atoms with Crippen LogP contribution < -0.4 is 10.1 Å². The van der Waals surface area contributed by atoms with Gasteiger partial charge >= 0.3 is 0 Å². The van der Waals surface area contributed by atoms with Crippen LogP contribution in [0.1, 0.15) is 12.6 Å². The topological polar surface area (TPSA) is 59.9 Å². The Kier molecular flexibility index (Phi) is 5.47. The lowest BCUT2D eigenvalue weighted by atomic mass is 10.2. The summed E-state index contributed by atoms with van der Waals surface area (Å²) in [5, 5.41) is 15.1. The largest absolute Gasteiger partial charge is 0.494 e. The van der Waals surface area contributed by atoms with E-state index in [0.29, 0.717) is 6.61 Å². The van der Waals surface area contributed by atoms with Crippen LogP contribution in [0.5, 0.6) is 5.75 Å². The first-order valence-electron chi connectivity index (χ1n) is 7.10. The second-order valence-corrected chi connectivity index (χ2v) is 7.57. The first-order valence-corrected chi connectivity index (χ1v) is 9.78. The summed E-state index contributed by atoms with van der Waals surface area (Å²) in [6.07, 6.45) is 0. The van der Waals surface area contributed by atoms with Gasteiger partial charge in [-0.1, -0.05) is 23.1 Å². The second kappa shape index (κ2) is 7.76. The zero-order valence-corrected chi connectivity index (χ0v) is 15.2. The standard InChI is InChI=1S/C15H16N4OS3/c1-3-20-12-6-4-10(5-7-12)13-17-11(8-21-13)9-22-15-19-18-14(16-2)23-15/h4-8H,3,9H2,1-2H3,(H,16,18). The molecule has 5 nitrogen and oxygen atoms in total. The molecule has 0 radical (unpaired) electrons. The van der Waals surface area contributed by atoms with E-state index in [4.69, 9.17) is 9.72 Å². The number of thiazole rings is 1. The molecule has 0 atom stereocenters. The lowest BCUT2D eigenvalue weighted by molar-refractivity contribution is 0.340. The number of aromatic nitrogens is 3. The van der Waals surface area contributed by atoms with Crippen molar-refractivity contribution in [1.29, 1.82) is 0 Å². The quantitative estimate of drug-likeness (QED) is 0.627. The molecule has 3 rings (SSSR count). The molecule has 0 aliphatic heterocycles. The highest BCUT2D eigenvalue weighted by Gasteiger charge is 2.08. The van der Waals surface area contributed by atoms with Crippen molar-refractivity contribution in [3.63, 3.8) is 0 Å². The molecule has 0 saturated heterocycles. The molecular weight excluding hydrogens is 348 g/mol. The third kappa shape index (κ3) is 4.21. The Hall–Kier alpha value is -1.64. The fourth-order valence-electron chi connectivity index (χ4n) is 1.87. The maximum absolute atomic E-state index is 5.46. The number of hydrogen-bond donors (Lipinski definition) is 1. The minimum absolute atomic E-state index is 0.679. The van der Waals surface area contributed by atoms with Gasteiger partial charge in [0.2, 0.25) is 5.13 Å².